The van der Waals surface area contributed by atoms with Gasteiger partial charge in [0.15, 0.2) is 5.58 Å². The summed E-state index contributed by atoms with van der Waals surface area (Å²) in [4.78, 5) is 7.59. The average Bonchev–Trinajstić information content (AvgIpc) is 0.929. The SMILES string of the molecule is Cc1cccc2c1oc1c(N(c3ccccc3)c3cc4c5c(c3)N(c3ccc(C(C)(C)c6ccccc6)cc3)c3ccc(C(C)(C)c6ccccc6)cc3B5c3cc(C(C)(C)c5ccccc5)ccc3N4c3ccc(C(C)(C)c4ccccc4)cc3)cccc12. The minimum Gasteiger partial charge on any atom is -0.454 e. The largest absolute Gasteiger partial charge is 0.454 e. The number of para-hydroxylation sites is 3. The summed E-state index contributed by atoms with van der Waals surface area (Å²) in [5, 5.41) is 2.19. The molecule has 0 spiro atoms. The van der Waals surface area contributed by atoms with Crippen LogP contribution in [-0.2, 0) is 21.7 Å². The molecule has 90 heavy (non-hydrogen) atoms. The fourth-order valence-corrected chi connectivity index (χ4v) is 14.7. The van der Waals surface area contributed by atoms with Gasteiger partial charge in [0.05, 0.1) is 11.4 Å². The van der Waals surface area contributed by atoms with Gasteiger partial charge in [0.25, 0.3) is 6.71 Å². The van der Waals surface area contributed by atoms with Gasteiger partial charge in [0, 0.05) is 72.2 Å². The minimum absolute atomic E-state index is 0.181. The Bertz CT molecular complexity index is 4600. The van der Waals surface area contributed by atoms with E-state index in [1.54, 1.807) is 0 Å². The van der Waals surface area contributed by atoms with Gasteiger partial charge in [-0.25, -0.2) is 0 Å². The Morgan fingerprint density at radius 3 is 1.09 bits per heavy atom. The topological polar surface area (TPSA) is 22.9 Å². The number of rotatable bonds is 13. The fraction of sp³-hybridized carbons (Fsp3) is 0.153. The first-order valence-corrected chi connectivity index (χ1v) is 31.9. The molecule has 0 atom stereocenters. The number of nitrogens with zero attached hydrogens (tertiary/aromatic N) is 3. The van der Waals surface area contributed by atoms with E-state index < -0.39 is 0 Å². The molecule has 0 N–H and O–H groups in total. The van der Waals surface area contributed by atoms with E-state index in [1.165, 1.54) is 60.9 Å². The van der Waals surface area contributed by atoms with Crippen LogP contribution in [0.25, 0.3) is 21.9 Å². The molecule has 2 aliphatic rings. The van der Waals surface area contributed by atoms with Crippen LogP contribution in [0.15, 0.2) is 290 Å². The molecular formula is C85H74BN3O. The highest BCUT2D eigenvalue weighted by atomic mass is 16.3. The molecule has 0 amide bonds. The number of hydrogen-bond acceptors (Lipinski definition) is 4. The van der Waals surface area contributed by atoms with Crippen molar-refractivity contribution in [2.75, 3.05) is 14.7 Å². The van der Waals surface area contributed by atoms with Crippen molar-refractivity contribution < 1.29 is 4.42 Å². The summed E-state index contributed by atoms with van der Waals surface area (Å²) in [6, 6.07) is 106. The van der Waals surface area contributed by atoms with Gasteiger partial charge in [0.2, 0.25) is 0 Å². The molecule has 0 bridgehead atoms. The van der Waals surface area contributed by atoms with Crippen molar-refractivity contribution in [1.29, 1.82) is 0 Å². The van der Waals surface area contributed by atoms with E-state index in [0.29, 0.717) is 0 Å². The zero-order valence-electron chi connectivity index (χ0n) is 53.0. The lowest BCUT2D eigenvalue weighted by Gasteiger charge is -2.46. The van der Waals surface area contributed by atoms with Crippen molar-refractivity contribution in [3.8, 4) is 0 Å². The Labute approximate surface area is 531 Å². The van der Waals surface area contributed by atoms with Crippen molar-refractivity contribution >= 4 is 96.2 Å². The standard InChI is InChI=1S/C85H74BN3O/c1-57-27-25-38-70-71-39-26-40-76(81(71)90-80(57)70)87(66-36-23-14-24-37-66)69-55-77-79-78(56-69)89(68-49-43-63(44-50-68)83(4,5)59-30-17-11-18-31-59)75-52-46-65(85(8,9)61-34-21-13-22-35-61)54-73(75)86(79)72-53-64(84(6,7)60-32-19-12-20-33-60)45-51-74(72)88(77)67-47-41-62(42-48-67)82(2,3)58-28-15-10-16-29-58/h10-56H,1-9H3. The van der Waals surface area contributed by atoms with E-state index in [1.807, 2.05) is 0 Å². The molecule has 3 heterocycles. The van der Waals surface area contributed by atoms with Crippen molar-refractivity contribution in [1.82, 2.24) is 0 Å². The van der Waals surface area contributed by atoms with Gasteiger partial charge in [-0.1, -0.05) is 274 Å². The van der Waals surface area contributed by atoms with Crippen molar-refractivity contribution in [3.63, 3.8) is 0 Å². The maximum Gasteiger partial charge on any atom is 0.252 e. The third-order valence-electron chi connectivity index (χ3n) is 20.4. The predicted octanol–water partition coefficient (Wildman–Crippen LogP) is 20.8. The maximum atomic E-state index is 7.13. The molecule has 5 heteroatoms. The first-order valence-electron chi connectivity index (χ1n) is 31.9. The van der Waals surface area contributed by atoms with E-state index in [2.05, 4.69) is 362 Å². The smallest absolute Gasteiger partial charge is 0.252 e. The lowest BCUT2D eigenvalue weighted by molar-refractivity contribution is 0.641. The number of furan rings is 1. The van der Waals surface area contributed by atoms with Crippen LogP contribution in [0.1, 0.15) is 105 Å². The minimum atomic E-state index is -0.318. The zero-order chi connectivity index (χ0) is 61.7. The Kier molecular flexibility index (Phi) is 13.5. The van der Waals surface area contributed by atoms with E-state index in [0.717, 1.165) is 78.7 Å². The van der Waals surface area contributed by atoms with Gasteiger partial charge in [-0.2, -0.15) is 0 Å². The predicted molar refractivity (Wildman–Crippen MR) is 381 cm³/mol. The molecule has 15 rings (SSSR count). The second kappa shape index (κ2) is 21.6. The third-order valence-corrected chi connectivity index (χ3v) is 20.4. The number of anilines is 9. The van der Waals surface area contributed by atoms with Gasteiger partial charge in [0.1, 0.15) is 5.58 Å². The molecule has 13 aromatic rings. The first-order chi connectivity index (χ1) is 43.6. The van der Waals surface area contributed by atoms with Crippen LogP contribution in [0, 0.1) is 6.92 Å². The summed E-state index contributed by atoms with van der Waals surface area (Å²) >= 11 is 0. The van der Waals surface area contributed by atoms with Crippen LogP contribution < -0.4 is 31.1 Å². The molecule has 0 radical (unpaired) electrons. The summed E-state index contributed by atoms with van der Waals surface area (Å²) in [5.74, 6) is 0. The van der Waals surface area contributed by atoms with Crippen molar-refractivity contribution in [2.24, 2.45) is 0 Å². The molecule has 438 valence electrons. The van der Waals surface area contributed by atoms with Gasteiger partial charge in [-0.05, 0) is 140 Å². The normalized spacial score (nSPS) is 13.1. The quantitative estimate of drug-likeness (QED) is 0.107. The van der Waals surface area contributed by atoms with Gasteiger partial charge >= 0.3 is 0 Å². The van der Waals surface area contributed by atoms with E-state index in [9.17, 15) is 0 Å². The maximum absolute atomic E-state index is 7.13. The average molecular weight is 1160 g/mol. The Hall–Kier alpha value is -10.1. The van der Waals surface area contributed by atoms with Crippen LogP contribution >= 0.6 is 0 Å². The highest BCUT2D eigenvalue weighted by Crippen LogP contribution is 2.51. The number of hydrogen-bond donors (Lipinski definition) is 0. The van der Waals surface area contributed by atoms with Crippen LogP contribution in [0.5, 0.6) is 0 Å². The molecule has 4 nitrogen and oxygen atoms in total. The number of benzene rings is 12. The molecule has 0 aliphatic carbocycles. The molecule has 0 fully saturated rings. The van der Waals surface area contributed by atoms with Crippen molar-refractivity contribution in [2.45, 2.75) is 84.0 Å². The lowest BCUT2D eigenvalue weighted by atomic mass is 9.33. The summed E-state index contributed by atoms with van der Waals surface area (Å²) < 4.78 is 7.13. The molecular weight excluding hydrogens is 1090 g/mol. The Morgan fingerprint density at radius 1 is 0.311 bits per heavy atom. The lowest BCUT2D eigenvalue weighted by Crippen LogP contribution is -2.61. The third kappa shape index (κ3) is 9.19. The fourth-order valence-electron chi connectivity index (χ4n) is 14.7. The first kappa shape index (κ1) is 56.4. The summed E-state index contributed by atoms with van der Waals surface area (Å²) in [7, 11) is 0. The van der Waals surface area contributed by atoms with Crippen LogP contribution in [0.2, 0.25) is 0 Å². The summed E-state index contributed by atoms with van der Waals surface area (Å²) in [6.07, 6.45) is 0. The molecule has 2 aliphatic heterocycles. The monoisotopic (exact) mass is 1160 g/mol. The zero-order valence-corrected chi connectivity index (χ0v) is 53.0. The van der Waals surface area contributed by atoms with Crippen LogP contribution in [-0.4, -0.2) is 6.71 Å². The molecule has 1 aromatic heterocycles. The Morgan fingerprint density at radius 2 is 0.667 bits per heavy atom. The second-order valence-corrected chi connectivity index (χ2v) is 27.0. The van der Waals surface area contributed by atoms with E-state index in [-0.39, 0.29) is 28.4 Å². The van der Waals surface area contributed by atoms with Gasteiger partial charge < -0.3 is 19.1 Å². The Balaban J connectivity index is 1.05. The molecule has 12 aromatic carbocycles. The number of aryl methyl sites for hydroxylation is 1. The second-order valence-electron chi connectivity index (χ2n) is 27.0. The molecule has 0 unspecified atom stereocenters. The highest BCUT2D eigenvalue weighted by Gasteiger charge is 2.46. The highest BCUT2D eigenvalue weighted by molar-refractivity contribution is 7.00. The van der Waals surface area contributed by atoms with Crippen LogP contribution in [0.3, 0.4) is 0 Å². The van der Waals surface area contributed by atoms with Gasteiger partial charge in [-0.3, -0.25) is 0 Å². The molecule has 0 saturated heterocycles. The van der Waals surface area contributed by atoms with E-state index in [4.69, 9.17) is 4.42 Å². The van der Waals surface area contributed by atoms with Gasteiger partial charge in [-0.15, -0.1) is 0 Å². The molecule has 0 saturated carbocycles. The number of fused-ring (bicyclic) bond motifs is 7. The van der Waals surface area contributed by atoms with Crippen LogP contribution in [0.4, 0.5) is 51.2 Å². The summed E-state index contributed by atoms with van der Waals surface area (Å²) in [6.45, 7) is 20.8. The van der Waals surface area contributed by atoms with Crippen molar-refractivity contribution in [3.05, 3.63) is 335 Å². The summed E-state index contributed by atoms with van der Waals surface area (Å²) in [5.41, 5.74) is 25.4. The van der Waals surface area contributed by atoms with E-state index >= 15 is 0 Å².